The fourth-order valence-corrected chi connectivity index (χ4v) is 1.96. The second-order valence-corrected chi connectivity index (χ2v) is 3.89. The van der Waals surface area contributed by atoms with E-state index in [1.54, 1.807) is 6.07 Å². The van der Waals surface area contributed by atoms with Gasteiger partial charge in [0.2, 0.25) is 0 Å². The van der Waals surface area contributed by atoms with Gasteiger partial charge in [-0.3, -0.25) is 9.59 Å². The van der Waals surface area contributed by atoms with E-state index in [9.17, 15) is 9.59 Å². The molecule has 0 radical (unpaired) electrons. The van der Waals surface area contributed by atoms with E-state index in [0.717, 1.165) is 0 Å². The summed E-state index contributed by atoms with van der Waals surface area (Å²) in [6.45, 7) is 0. The Labute approximate surface area is 74.8 Å². The molecule has 2 N–H and O–H groups in total. The first-order valence-corrected chi connectivity index (χ1v) is 4.28. The lowest BCUT2D eigenvalue weighted by Crippen LogP contribution is -2.28. The van der Waals surface area contributed by atoms with Crippen molar-refractivity contribution in [2.24, 2.45) is 0 Å². The zero-order chi connectivity index (χ0) is 8.72. The molecule has 0 unspecified atom stereocenters. The molecule has 0 saturated carbocycles. The maximum atomic E-state index is 10.8. The predicted molar refractivity (Wildman–Crippen MR) is 48.1 cm³/mol. The lowest BCUT2D eigenvalue weighted by Gasteiger charge is -1.84. The first kappa shape index (κ1) is 7.57. The quantitative estimate of drug-likeness (QED) is 0.625. The van der Waals surface area contributed by atoms with Crippen LogP contribution in [0.5, 0.6) is 0 Å². The van der Waals surface area contributed by atoms with E-state index < -0.39 is 11.1 Å². The second kappa shape index (κ2) is 2.46. The summed E-state index contributed by atoms with van der Waals surface area (Å²) in [7, 11) is 0. The van der Waals surface area contributed by atoms with Crippen LogP contribution in [0.25, 0.3) is 10.3 Å². The van der Waals surface area contributed by atoms with Crippen molar-refractivity contribution in [1.29, 1.82) is 0 Å². The molecule has 0 fully saturated rings. The Balaban J connectivity index is 3.02. The van der Waals surface area contributed by atoms with E-state index in [1.165, 1.54) is 11.3 Å². The number of aromatic amines is 2. The van der Waals surface area contributed by atoms with Crippen LogP contribution in [0.3, 0.4) is 0 Å². The van der Waals surface area contributed by atoms with E-state index >= 15 is 0 Å². The Morgan fingerprint density at radius 2 is 1.92 bits per heavy atom. The molecule has 0 spiro atoms. The average Bonchev–Trinajstić information content (AvgIpc) is 2.30. The van der Waals surface area contributed by atoms with Gasteiger partial charge in [-0.2, -0.15) is 0 Å². The van der Waals surface area contributed by atoms with Gasteiger partial charge in [0.25, 0.3) is 0 Å². The molecule has 6 heteroatoms. The fourth-order valence-electron chi connectivity index (χ4n) is 0.886. The molecule has 4 nitrogen and oxygen atoms in total. The van der Waals surface area contributed by atoms with Crippen LogP contribution in [-0.2, 0) is 0 Å². The van der Waals surface area contributed by atoms with Crippen LogP contribution in [0.2, 0.25) is 4.34 Å². The molecule has 12 heavy (non-hydrogen) atoms. The first-order valence-electron chi connectivity index (χ1n) is 3.08. The van der Waals surface area contributed by atoms with Gasteiger partial charge < -0.3 is 9.97 Å². The number of hydrogen-bond acceptors (Lipinski definition) is 3. The van der Waals surface area contributed by atoms with Crippen molar-refractivity contribution in [2.45, 2.75) is 0 Å². The van der Waals surface area contributed by atoms with E-state index in [0.29, 0.717) is 14.7 Å². The smallest absolute Gasteiger partial charge is 0.314 e. The number of aromatic nitrogens is 2. The monoisotopic (exact) mass is 202 g/mol. The minimum Gasteiger partial charge on any atom is -0.315 e. The van der Waals surface area contributed by atoms with Crippen molar-refractivity contribution in [3.63, 3.8) is 0 Å². The SMILES string of the molecule is O=c1[nH]c2cc(Cl)sc2[nH]c1=O. The third-order valence-electron chi connectivity index (χ3n) is 1.38. The summed E-state index contributed by atoms with van der Waals surface area (Å²) in [5.74, 6) is 0. The lowest BCUT2D eigenvalue weighted by molar-refractivity contribution is 1.16. The molecule has 2 aromatic heterocycles. The lowest BCUT2D eigenvalue weighted by atomic mass is 10.5. The van der Waals surface area contributed by atoms with Gasteiger partial charge in [-0.25, -0.2) is 0 Å². The van der Waals surface area contributed by atoms with Crippen molar-refractivity contribution in [2.75, 3.05) is 0 Å². The van der Waals surface area contributed by atoms with Gasteiger partial charge in [0, 0.05) is 0 Å². The summed E-state index contributed by atoms with van der Waals surface area (Å²) in [4.78, 5) is 27.0. The van der Waals surface area contributed by atoms with Crippen molar-refractivity contribution >= 4 is 33.3 Å². The number of halogens is 1. The molecule has 0 aliphatic carbocycles. The molecule has 62 valence electrons. The van der Waals surface area contributed by atoms with Gasteiger partial charge in [0.1, 0.15) is 4.83 Å². The zero-order valence-electron chi connectivity index (χ0n) is 5.68. The maximum Gasteiger partial charge on any atom is 0.314 e. The van der Waals surface area contributed by atoms with Crippen LogP contribution in [0.15, 0.2) is 15.7 Å². The third kappa shape index (κ3) is 1.07. The largest absolute Gasteiger partial charge is 0.315 e. The van der Waals surface area contributed by atoms with Crippen LogP contribution in [0.4, 0.5) is 0 Å². The van der Waals surface area contributed by atoms with Crippen LogP contribution in [0, 0.1) is 0 Å². The number of hydrogen-bond donors (Lipinski definition) is 2. The molecule has 0 amide bonds. The number of rotatable bonds is 0. The van der Waals surface area contributed by atoms with E-state index in [1.807, 2.05) is 0 Å². The standard InChI is InChI=1S/C6H3ClN2O2S/c7-3-1-2-6(12-3)9-5(11)4(10)8-2/h1H,(H,8,10)(H,9,11). The highest BCUT2D eigenvalue weighted by atomic mass is 35.5. The molecular formula is C6H3ClN2O2S. The average molecular weight is 203 g/mol. The highest BCUT2D eigenvalue weighted by Gasteiger charge is 2.02. The minimum absolute atomic E-state index is 0.530. The van der Waals surface area contributed by atoms with Gasteiger partial charge in [-0.1, -0.05) is 11.6 Å². The molecular weight excluding hydrogens is 200 g/mol. The van der Waals surface area contributed by atoms with Crippen LogP contribution in [0.1, 0.15) is 0 Å². The van der Waals surface area contributed by atoms with Gasteiger partial charge in [0.15, 0.2) is 0 Å². The topological polar surface area (TPSA) is 65.7 Å². The molecule has 2 heterocycles. The van der Waals surface area contributed by atoms with Gasteiger partial charge >= 0.3 is 11.1 Å². The Hall–Kier alpha value is -1.07. The molecule has 2 rings (SSSR count). The molecule has 0 bridgehead atoms. The highest BCUT2D eigenvalue weighted by molar-refractivity contribution is 7.22. The number of fused-ring (bicyclic) bond motifs is 1. The molecule has 2 aromatic rings. The van der Waals surface area contributed by atoms with E-state index in [2.05, 4.69) is 9.97 Å². The number of thiophene rings is 1. The Morgan fingerprint density at radius 3 is 2.67 bits per heavy atom. The van der Waals surface area contributed by atoms with E-state index in [-0.39, 0.29) is 0 Å². The maximum absolute atomic E-state index is 10.8. The van der Waals surface area contributed by atoms with Gasteiger partial charge in [-0.05, 0) is 6.07 Å². The summed E-state index contributed by atoms with van der Waals surface area (Å²) in [6, 6.07) is 1.60. The minimum atomic E-state index is -0.656. The van der Waals surface area contributed by atoms with Crippen molar-refractivity contribution in [3.05, 3.63) is 31.1 Å². The van der Waals surface area contributed by atoms with Crippen LogP contribution >= 0.6 is 22.9 Å². The van der Waals surface area contributed by atoms with Crippen molar-refractivity contribution in [1.82, 2.24) is 9.97 Å². The summed E-state index contributed by atoms with van der Waals surface area (Å²) < 4.78 is 0.530. The van der Waals surface area contributed by atoms with Gasteiger partial charge in [-0.15, -0.1) is 11.3 Å². The molecule has 0 saturated heterocycles. The molecule has 0 atom stereocenters. The Bertz CT molecular complexity index is 491. The fraction of sp³-hybridized carbons (Fsp3) is 0. The molecule has 0 aromatic carbocycles. The summed E-state index contributed by atoms with van der Waals surface area (Å²) in [5, 5.41) is 0. The normalized spacial score (nSPS) is 10.8. The Morgan fingerprint density at radius 1 is 1.25 bits per heavy atom. The van der Waals surface area contributed by atoms with Gasteiger partial charge in [0.05, 0.1) is 9.85 Å². The second-order valence-electron chi connectivity index (χ2n) is 2.20. The Kier molecular flexibility index (Phi) is 1.55. The first-order chi connectivity index (χ1) is 5.66. The third-order valence-corrected chi connectivity index (χ3v) is 2.56. The van der Waals surface area contributed by atoms with Crippen LogP contribution < -0.4 is 11.1 Å². The summed E-state index contributed by atoms with van der Waals surface area (Å²) >= 11 is 6.88. The van der Waals surface area contributed by atoms with Crippen molar-refractivity contribution < 1.29 is 0 Å². The number of nitrogens with one attached hydrogen (secondary N) is 2. The highest BCUT2D eigenvalue weighted by Crippen LogP contribution is 2.24. The predicted octanol–water partition coefficient (Wildman–Crippen LogP) is 0.931. The number of H-pyrrole nitrogens is 2. The zero-order valence-corrected chi connectivity index (χ0v) is 7.25. The van der Waals surface area contributed by atoms with E-state index in [4.69, 9.17) is 11.6 Å². The van der Waals surface area contributed by atoms with Crippen molar-refractivity contribution in [3.8, 4) is 0 Å². The summed E-state index contributed by atoms with van der Waals surface area (Å²) in [5.41, 5.74) is -0.743. The molecule has 0 aliphatic rings. The van der Waals surface area contributed by atoms with Crippen LogP contribution in [-0.4, -0.2) is 9.97 Å². The molecule has 0 aliphatic heterocycles. The summed E-state index contributed by atoms with van der Waals surface area (Å²) in [6.07, 6.45) is 0.